The predicted molar refractivity (Wildman–Crippen MR) is 83.7 cm³/mol. The van der Waals surface area contributed by atoms with Crippen LogP contribution in [-0.4, -0.2) is 24.6 Å². The minimum absolute atomic E-state index is 0.603. The maximum atomic E-state index is 4.45. The fraction of sp³-hybridized carbons (Fsp3) is 0.688. The van der Waals surface area contributed by atoms with Gasteiger partial charge in [-0.2, -0.15) is 0 Å². The van der Waals surface area contributed by atoms with E-state index in [1.807, 2.05) is 6.20 Å². The molecule has 0 aromatic carbocycles. The van der Waals surface area contributed by atoms with Crippen LogP contribution in [0.15, 0.2) is 12.3 Å². The van der Waals surface area contributed by atoms with E-state index in [-0.39, 0.29) is 0 Å². The molecule has 0 aliphatic heterocycles. The lowest BCUT2D eigenvalue weighted by atomic mass is 10.1. The summed E-state index contributed by atoms with van der Waals surface area (Å²) in [7, 11) is 2.20. The summed E-state index contributed by atoms with van der Waals surface area (Å²) in [5, 5.41) is 3.47. The molecule has 1 aromatic heterocycles. The maximum absolute atomic E-state index is 4.45. The topological polar surface area (TPSA) is 28.2 Å². The molecule has 0 radical (unpaired) electrons. The standard InChI is InChI=1S/C16H29N3/c1-6-9-17-11-14-12-18-13(4)10-16(14)19(5)15(7-2)8-3/h10,12,15,17H,6-9,11H2,1-5H3. The zero-order valence-corrected chi connectivity index (χ0v) is 13.2. The number of hydrogen-bond acceptors (Lipinski definition) is 3. The van der Waals surface area contributed by atoms with Gasteiger partial charge in [-0.25, -0.2) is 0 Å². The highest BCUT2D eigenvalue weighted by atomic mass is 15.1. The van der Waals surface area contributed by atoms with E-state index in [0.29, 0.717) is 6.04 Å². The van der Waals surface area contributed by atoms with Crippen LogP contribution in [0.2, 0.25) is 0 Å². The van der Waals surface area contributed by atoms with Crippen LogP contribution in [0.3, 0.4) is 0 Å². The molecule has 0 spiro atoms. The van der Waals surface area contributed by atoms with Crippen molar-refractivity contribution in [1.29, 1.82) is 0 Å². The number of hydrogen-bond donors (Lipinski definition) is 1. The van der Waals surface area contributed by atoms with Crippen molar-refractivity contribution in [3.05, 3.63) is 23.5 Å². The third kappa shape index (κ3) is 4.50. The monoisotopic (exact) mass is 263 g/mol. The number of rotatable bonds is 8. The predicted octanol–water partition coefficient (Wildman–Crippen LogP) is 3.51. The van der Waals surface area contributed by atoms with Gasteiger partial charge in [0, 0.05) is 42.8 Å². The van der Waals surface area contributed by atoms with Gasteiger partial charge in [-0.05, 0) is 38.8 Å². The molecule has 0 aliphatic rings. The second-order valence-corrected chi connectivity index (χ2v) is 5.21. The third-order valence-electron chi connectivity index (χ3n) is 3.71. The van der Waals surface area contributed by atoms with E-state index in [2.05, 4.69) is 56.0 Å². The molecule has 1 rings (SSSR count). The first kappa shape index (κ1) is 16.0. The molecule has 0 bridgehead atoms. The zero-order valence-electron chi connectivity index (χ0n) is 13.2. The SMILES string of the molecule is CCCNCc1cnc(C)cc1N(C)C(CC)CC. The Morgan fingerprint density at radius 2 is 1.95 bits per heavy atom. The smallest absolute Gasteiger partial charge is 0.0445 e. The summed E-state index contributed by atoms with van der Waals surface area (Å²) in [6.45, 7) is 10.7. The molecule has 0 unspecified atom stereocenters. The largest absolute Gasteiger partial charge is 0.371 e. The zero-order chi connectivity index (χ0) is 14.3. The molecule has 0 aliphatic carbocycles. The van der Waals surface area contributed by atoms with Crippen molar-refractivity contribution < 1.29 is 0 Å². The summed E-state index contributed by atoms with van der Waals surface area (Å²) in [5.41, 5.74) is 3.71. The van der Waals surface area contributed by atoms with Crippen molar-refractivity contribution >= 4 is 5.69 Å². The number of nitrogens with one attached hydrogen (secondary N) is 1. The van der Waals surface area contributed by atoms with Gasteiger partial charge in [0.2, 0.25) is 0 Å². The van der Waals surface area contributed by atoms with Crippen LogP contribution in [0.4, 0.5) is 5.69 Å². The van der Waals surface area contributed by atoms with E-state index < -0.39 is 0 Å². The van der Waals surface area contributed by atoms with Gasteiger partial charge >= 0.3 is 0 Å². The van der Waals surface area contributed by atoms with E-state index in [0.717, 1.165) is 25.2 Å². The number of anilines is 1. The molecule has 108 valence electrons. The number of aryl methyl sites for hydroxylation is 1. The summed E-state index contributed by atoms with van der Waals surface area (Å²) in [6, 6.07) is 2.81. The molecule has 19 heavy (non-hydrogen) atoms. The quantitative estimate of drug-likeness (QED) is 0.727. The van der Waals surface area contributed by atoms with Crippen LogP contribution in [0.1, 0.15) is 51.3 Å². The lowest BCUT2D eigenvalue weighted by molar-refractivity contribution is 0.586. The molecule has 1 N–H and O–H groups in total. The molecule has 0 amide bonds. The number of nitrogens with zero attached hydrogens (tertiary/aromatic N) is 2. The Bertz CT molecular complexity index is 372. The lowest BCUT2D eigenvalue weighted by Crippen LogP contribution is -2.32. The Kier molecular flexibility index (Phi) is 6.85. The summed E-state index contributed by atoms with van der Waals surface area (Å²) < 4.78 is 0. The van der Waals surface area contributed by atoms with Crippen LogP contribution in [0.5, 0.6) is 0 Å². The van der Waals surface area contributed by atoms with Crippen LogP contribution in [0.25, 0.3) is 0 Å². The molecule has 3 heteroatoms. The average molecular weight is 263 g/mol. The average Bonchev–Trinajstić information content (AvgIpc) is 2.41. The van der Waals surface area contributed by atoms with Gasteiger partial charge in [0.1, 0.15) is 0 Å². The summed E-state index contributed by atoms with van der Waals surface area (Å²) in [6.07, 6.45) is 5.54. The highest BCUT2D eigenvalue weighted by Crippen LogP contribution is 2.23. The molecule has 1 aromatic rings. The number of pyridine rings is 1. The fourth-order valence-electron chi connectivity index (χ4n) is 2.47. The van der Waals surface area contributed by atoms with Gasteiger partial charge in [-0.3, -0.25) is 4.98 Å². The Hall–Kier alpha value is -1.09. The first-order chi connectivity index (χ1) is 9.13. The van der Waals surface area contributed by atoms with Crippen molar-refractivity contribution in [2.24, 2.45) is 0 Å². The lowest BCUT2D eigenvalue weighted by Gasteiger charge is -2.30. The van der Waals surface area contributed by atoms with Crippen molar-refractivity contribution in [3.63, 3.8) is 0 Å². The highest BCUT2D eigenvalue weighted by Gasteiger charge is 2.15. The van der Waals surface area contributed by atoms with Crippen molar-refractivity contribution in [1.82, 2.24) is 10.3 Å². The van der Waals surface area contributed by atoms with Crippen LogP contribution in [0, 0.1) is 6.92 Å². The van der Waals surface area contributed by atoms with Crippen LogP contribution in [-0.2, 0) is 6.54 Å². The maximum Gasteiger partial charge on any atom is 0.0445 e. The Labute approximate surface area is 118 Å². The molecule has 0 fully saturated rings. The second kappa shape index (κ2) is 8.16. The summed E-state index contributed by atoms with van der Waals surface area (Å²) in [4.78, 5) is 6.86. The Morgan fingerprint density at radius 3 is 2.53 bits per heavy atom. The summed E-state index contributed by atoms with van der Waals surface area (Å²) >= 11 is 0. The molecular weight excluding hydrogens is 234 g/mol. The third-order valence-corrected chi connectivity index (χ3v) is 3.71. The van der Waals surface area contributed by atoms with Gasteiger partial charge in [-0.15, -0.1) is 0 Å². The van der Waals surface area contributed by atoms with Crippen LogP contribution < -0.4 is 10.2 Å². The molecule has 0 atom stereocenters. The first-order valence-electron chi connectivity index (χ1n) is 7.53. The molecule has 0 saturated heterocycles. The van der Waals surface area contributed by atoms with E-state index in [1.165, 1.54) is 24.1 Å². The Morgan fingerprint density at radius 1 is 1.26 bits per heavy atom. The normalized spacial score (nSPS) is 11.1. The van der Waals surface area contributed by atoms with Crippen molar-refractivity contribution in [2.75, 3.05) is 18.5 Å². The van der Waals surface area contributed by atoms with Gasteiger partial charge in [-0.1, -0.05) is 20.8 Å². The van der Waals surface area contributed by atoms with Gasteiger partial charge in [0.15, 0.2) is 0 Å². The van der Waals surface area contributed by atoms with Gasteiger partial charge < -0.3 is 10.2 Å². The minimum Gasteiger partial charge on any atom is -0.371 e. The fourth-order valence-corrected chi connectivity index (χ4v) is 2.47. The summed E-state index contributed by atoms with van der Waals surface area (Å²) in [5.74, 6) is 0. The van der Waals surface area contributed by atoms with E-state index >= 15 is 0 Å². The van der Waals surface area contributed by atoms with Crippen molar-refractivity contribution in [2.45, 2.75) is 59.5 Å². The van der Waals surface area contributed by atoms with E-state index in [1.54, 1.807) is 0 Å². The highest BCUT2D eigenvalue weighted by molar-refractivity contribution is 5.53. The molecule has 0 saturated carbocycles. The molecular formula is C16H29N3. The number of aromatic nitrogens is 1. The Balaban J connectivity index is 2.92. The molecule has 1 heterocycles. The first-order valence-corrected chi connectivity index (χ1v) is 7.53. The van der Waals surface area contributed by atoms with Crippen molar-refractivity contribution in [3.8, 4) is 0 Å². The second-order valence-electron chi connectivity index (χ2n) is 5.21. The van der Waals surface area contributed by atoms with Gasteiger partial charge in [0.05, 0.1) is 0 Å². The van der Waals surface area contributed by atoms with Crippen LogP contribution >= 0.6 is 0 Å². The van der Waals surface area contributed by atoms with Gasteiger partial charge in [0.25, 0.3) is 0 Å². The van der Waals surface area contributed by atoms with E-state index in [4.69, 9.17) is 0 Å². The van der Waals surface area contributed by atoms with E-state index in [9.17, 15) is 0 Å². The minimum atomic E-state index is 0.603. The molecule has 3 nitrogen and oxygen atoms in total.